The number of hydrogen-bond donors (Lipinski definition) is 1. The van der Waals surface area contributed by atoms with Gasteiger partial charge in [0.05, 0.1) is 16.5 Å². The van der Waals surface area contributed by atoms with Crippen LogP contribution in [0.1, 0.15) is 24.8 Å². The maximum Gasteiger partial charge on any atom is 0.258 e. The highest BCUT2D eigenvalue weighted by atomic mass is 35.5. The number of halogens is 4. The van der Waals surface area contributed by atoms with E-state index in [1.54, 1.807) is 0 Å². The lowest BCUT2D eigenvalue weighted by molar-refractivity contribution is -0.156. The Morgan fingerprint density at radius 3 is 2.32 bits per heavy atom. The van der Waals surface area contributed by atoms with Crippen LogP contribution in [0.25, 0.3) is 0 Å². The van der Waals surface area contributed by atoms with Gasteiger partial charge in [-0.15, -0.1) is 0 Å². The molecule has 2 aromatic carbocycles. The van der Waals surface area contributed by atoms with Crippen LogP contribution < -0.4 is 10.1 Å². The molecule has 3 saturated carbocycles. The number of benzene rings is 2. The zero-order valence-corrected chi connectivity index (χ0v) is 17.8. The number of sulfone groups is 1. The molecule has 3 fully saturated rings. The second-order valence-electron chi connectivity index (χ2n) is 8.53. The van der Waals surface area contributed by atoms with Crippen molar-refractivity contribution in [2.24, 2.45) is 5.41 Å². The van der Waals surface area contributed by atoms with Gasteiger partial charge in [0, 0.05) is 17.7 Å². The van der Waals surface area contributed by atoms with Crippen LogP contribution in [0, 0.1) is 22.9 Å². The van der Waals surface area contributed by atoms with Crippen LogP contribution in [0.4, 0.5) is 13.2 Å². The van der Waals surface area contributed by atoms with Gasteiger partial charge in [0.1, 0.15) is 23.2 Å². The van der Waals surface area contributed by atoms with Crippen molar-refractivity contribution in [2.45, 2.75) is 30.6 Å². The van der Waals surface area contributed by atoms with Crippen molar-refractivity contribution in [2.75, 3.05) is 12.4 Å². The molecule has 0 aliphatic heterocycles. The molecule has 166 valence electrons. The van der Waals surface area contributed by atoms with Crippen LogP contribution in [-0.2, 0) is 20.4 Å². The molecule has 1 N–H and O–H groups in total. The summed E-state index contributed by atoms with van der Waals surface area (Å²) in [5.41, 5.74) is -0.799. The van der Waals surface area contributed by atoms with E-state index in [2.05, 4.69) is 5.32 Å². The quantitative estimate of drug-likeness (QED) is 0.633. The van der Waals surface area contributed by atoms with Crippen LogP contribution in [0.3, 0.4) is 0 Å². The third kappa shape index (κ3) is 4.82. The maximum atomic E-state index is 13.4. The van der Waals surface area contributed by atoms with Gasteiger partial charge in [0.25, 0.3) is 5.91 Å². The van der Waals surface area contributed by atoms with E-state index >= 15 is 0 Å². The molecular weight excluding hydrogens is 455 g/mol. The van der Waals surface area contributed by atoms with Gasteiger partial charge in [-0.1, -0.05) is 11.6 Å². The predicted molar refractivity (Wildman–Crippen MR) is 108 cm³/mol. The Labute approximate surface area is 182 Å². The molecule has 5 nitrogen and oxygen atoms in total. The Balaban J connectivity index is 1.26. The minimum absolute atomic E-state index is 0.0477. The topological polar surface area (TPSA) is 72.5 Å². The summed E-state index contributed by atoms with van der Waals surface area (Å²) in [6.45, 7) is -0.306. The van der Waals surface area contributed by atoms with E-state index in [0.717, 1.165) is 18.2 Å². The zero-order valence-electron chi connectivity index (χ0n) is 16.3. The summed E-state index contributed by atoms with van der Waals surface area (Å²) in [5.74, 6) is -3.04. The number of ether oxygens (including phenoxy) is 1. The summed E-state index contributed by atoms with van der Waals surface area (Å²) in [6.07, 6.45) is 1.54. The molecule has 3 aliphatic rings. The van der Waals surface area contributed by atoms with Crippen LogP contribution in [-0.4, -0.2) is 32.2 Å². The fourth-order valence-corrected chi connectivity index (χ4v) is 6.93. The first kappa shape index (κ1) is 22.0. The monoisotopic (exact) mass is 473 g/mol. The molecule has 0 unspecified atom stereocenters. The highest BCUT2D eigenvalue weighted by Crippen LogP contribution is 2.67. The van der Waals surface area contributed by atoms with E-state index in [-0.39, 0.29) is 34.6 Å². The minimum Gasteiger partial charge on any atom is -0.484 e. The molecule has 31 heavy (non-hydrogen) atoms. The van der Waals surface area contributed by atoms with Crippen LogP contribution in [0.2, 0.25) is 5.02 Å². The molecule has 5 rings (SSSR count). The SMILES string of the molecule is O=C(COc1ccc(Cl)c(F)c1)NC12CC(CS(=O)(=O)Cc3cc(F)cc(F)c3)(C1)C2. The van der Waals surface area contributed by atoms with Crippen LogP contribution >= 0.6 is 11.6 Å². The Hall–Kier alpha value is -2.26. The van der Waals surface area contributed by atoms with Gasteiger partial charge in [-0.05, 0) is 54.5 Å². The summed E-state index contributed by atoms with van der Waals surface area (Å²) >= 11 is 5.59. The summed E-state index contributed by atoms with van der Waals surface area (Å²) in [5, 5.41) is 2.80. The van der Waals surface area contributed by atoms with E-state index in [0.29, 0.717) is 25.3 Å². The fraction of sp³-hybridized carbons (Fsp3) is 0.381. The predicted octanol–water partition coefficient (Wildman–Crippen LogP) is 3.79. The van der Waals surface area contributed by atoms with E-state index in [1.165, 1.54) is 12.1 Å². The van der Waals surface area contributed by atoms with Crippen molar-refractivity contribution in [3.63, 3.8) is 0 Å². The van der Waals surface area contributed by atoms with Gasteiger partial charge in [0.15, 0.2) is 16.4 Å². The molecule has 2 aromatic rings. The number of hydrogen-bond acceptors (Lipinski definition) is 4. The average molecular weight is 474 g/mol. The molecular formula is C21H19ClF3NO4S. The van der Waals surface area contributed by atoms with E-state index in [9.17, 15) is 26.4 Å². The highest BCUT2D eigenvalue weighted by Gasteiger charge is 2.69. The van der Waals surface area contributed by atoms with Gasteiger partial charge >= 0.3 is 0 Å². The Kier molecular flexibility index (Phi) is 5.46. The first-order valence-electron chi connectivity index (χ1n) is 9.52. The van der Waals surface area contributed by atoms with Gasteiger partial charge in [-0.25, -0.2) is 21.6 Å². The van der Waals surface area contributed by atoms with Crippen molar-refractivity contribution < 1.29 is 31.1 Å². The number of carbonyl (C=O) groups excluding carboxylic acids is 1. The lowest BCUT2D eigenvalue weighted by Crippen LogP contribution is -2.76. The molecule has 0 radical (unpaired) electrons. The van der Waals surface area contributed by atoms with Crippen molar-refractivity contribution in [1.29, 1.82) is 0 Å². The largest absolute Gasteiger partial charge is 0.484 e. The molecule has 10 heteroatoms. The average Bonchev–Trinajstić information content (AvgIpc) is 2.58. The maximum absolute atomic E-state index is 13.4. The molecule has 0 atom stereocenters. The number of carbonyl (C=O) groups is 1. The van der Waals surface area contributed by atoms with E-state index in [4.69, 9.17) is 16.3 Å². The van der Waals surface area contributed by atoms with Crippen molar-refractivity contribution in [3.8, 4) is 5.75 Å². The first-order chi connectivity index (χ1) is 14.5. The molecule has 1 amide bonds. The number of amides is 1. The lowest BCUT2D eigenvalue weighted by Gasteiger charge is -2.70. The summed E-state index contributed by atoms with van der Waals surface area (Å²) in [7, 11) is -3.57. The Bertz CT molecular complexity index is 1120. The molecule has 3 aliphatic carbocycles. The van der Waals surface area contributed by atoms with E-state index < -0.39 is 44.0 Å². The first-order valence-corrected chi connectivity index (χ1v) is 11.7. The van der Waals surface area contributed by atoms with Crippen LogP contribution in [0.15, 0.2) is 36.4 Å². The normalized spacial score (nSPS) is 24.1. The second kappa shape index (κ2) is 7.70. The van der Waals surface area contributed by atoms with Gasteiger partial charge in [-0.2, -0.15) is 0 Å². The van der Waals surface area contributed by atoms with Gasteiger partial charge in [-0.3, -0.25) is 4.79 Å². The standard InChI is InChI=1S/C21H19ClF3NO4S/c22-17-2-1-16(6-18(17)25)30-7-19(27)26-21-9-20(10-21,11-21)12-31(28,29)8-13-3-14(23)5-15(24)4-13/h1-6H,7-12H2,(H,26,27). The summed E-state index contributed by atoms with van der Waals surface area (Å²) in [6, 6.07) is 6.57. The smallest absolute Gasteiger partial charge is 0.258 e. The number of rotatable bonds is 8. The van der Waals surface area contributed by atoms with Gasteiger partial charge < -0.3 is 10.1 Å². The lowest BCUT2D eigenvalue weighted by atomic mass is 9.40. The second-order valence-corrected chi connectivity index (χ2v) is 11.0. The van der Waals surface area contributed by atoms with Crippen molar-refractivity contribution in [3.05, 3.63) is 64.4 Å². The zero-order chi connectivity index (χ0) is 22.4. The van der Waals surface area contributed by atoms with Crippen molar-refractivity contribution >= 4 is 27.3 Å². The minimum atomic E-state index is -3.57. The molecule has 0 heterocycles. The van der Waals surface area contributed by atoms with Crippen LogP contribution in [0.5, 0.6) is 5.75 Å². The Morgan fingerprint density at radius 1 is 1.06 bits per heavy atom. The Morgan fingerprint density at radius 2 is 1.71 bits per heavy atom. The summed E-state index contributed by atoms with van der Waals surface area (Å²) in [4.78, 5) is 12.2. The van der Waals surface area contributed by atoms with E-state index in [1.807, 2.05) is 0 Å². The molecule has 0 saturated heterocycles. The van der Waals surface area contributed by atoms with Gasteiger partial charge in [0.2, 0.25) is 0 Å². The highest BCUT2D eigenvalue weighted by molar-refractivity contribution is 7.90. The fourth-order valence-electron chi connectivity index (χ4n) is 4.80. The third-order valence-electron chi connectivity index (χ3n) is 5.64. The molecule has 2 bridgehead atoms. The molecule has 0 aromatic heterocycles. The number of nitrogens with one attached hydrogen (secondary N) is 1. The van der Waals surface area contributed by atoms with Crippen molar-refractivity contribution in [1.82, 2.24) is 5.32 Å². The molecule has 0 spiro atoms. The third-order valence-corrected chi connectivity index (χ3v) is 7.77. The summed E-state index contributed by atoms with van der Waals surface area (Å²) < 4.78 is 70.3.